The summed E-state index contributed by atoms with van der Waals surface area (Å²) in [4.78, 5) is 12.5. The molecule has 1 saturated carbocycles. The Bertz CT molecular complexity index is 479. The average molecular weight is 292 g/mol. The topological polar surface area (TPSA) is 66.6 Å². The number of benzene rings is 1. The largest absolute Gasteiger partial charge is 0.389 e. The molecule has 1 aliphatic rings. The van der Waals surface area contributed by atoms with Crippen LogP contribution in [0.5, 0.6) is 0 Å². The lowest BCUT2D eigenvalue weighted by Crippen LogP contribution is -2.42. The fraction of sp³-hybridized carbons (Fsp3) is 0.625. The Hall–Kier alpha value is -1.46. The Morgan fingerprint density at radius 2 is 1.81 bits per heavy atom. The van der Waals surface area contributed by atoms with Gasteiger partial charge in [-0.15, -0.1) is 0 Å². The maximum Gasteiger partial charge on any atom is 0.269 e. The highest BCUT2D eigenvalue weighted by molar-refractivity contribution is 5.35. The molecule has 0 amide bonds. The van der Waals surface area contributed by atoms with E-state index in [-0.39, 0.29) is 16.5 Å². The van der Waals surface area contributed by atoms with Crippen molar-refractivity contribution in [1.29, 1.82) is 0 Å². The van der Waals surface area contributed by atoms with Gasteiger partial charge >= 0.3 is 0 Å². The highest BCUT2D eigenvalue weighted by atomic mass is 16.6. The van der Waals surface area contributed by atoms with Crippen molar-refractivity contribution in [2.45, 2.75) is 43.6 Å². The molecular weight excluding hydrogens is 268 g/mol. The summed E-state index contributed by atoms with van der Waals surface area (Å²) in [6.07, 6.45) is 4.89. The van der Waals surface area contributed by atoms with Crippen LogP contribution < -0.4 is 0 Å². The molecule has 5 heteroatoms. The van der Waals surface area contributed by atoms with Gasteiger partial charge in [0.25, 0.3) is 5.69 Å². The van der Waals surface area contributed by atoms with E-state index in [0.717, 1.165) is 37.8 Å². The Kier molecular flexibility index (Phi) is 4.96. The van der Waals surface area contributed by atoms with Crippen molar-refractivity contribution in [3.63, 3.8) is 0 Å². The molecule has 2 rings (SSSR count). The van der Waals surface area contributed by atoms with E-state index < -0.39 is 5.60 Å². The van der Waals surface area contributed by atoms with Crippen LogP contribution in [0.4, 0.5) is 5.69 Å². The lowest BCUT2D eigenvalue weighted by molar-refractivity contribution is -0.384. The van der Waals surface area contributed by atoms with Crippen molar-refractivity contribution in [2.24, 2.45) is 0 Å². The quantitative estimate of drug-likeness (QED) is 0.669. The number of hydrogen-bond donors (Lipinski definition) is 1. The Balaban J connectivity index is 2.28. The maximum absolute atomic E-state index is 11.1. The van der Waals surface area contributed by atoms with E-state index >= 15 is 0 Å². The molecule has 5 nitrogen and oxygen atoms in total. The van der Waals surface area contributed by atoms with Crippen molar-refractivity contribution < 1.29 is 10.0 Å². The SMILES string of the molecule is CN(C)C[C@@H](c1ccc([N+](=O)[O-])cc1)C1(O)CCCCC1. The third kappa shape index (κ3) is 3.80. The lowest BCUT2D eigenvalue weighted by Gasteiger charge is -2.40. The standard InChI is InChI=1S/C16H24N2O3/c1-17(2)12-15(16(19)10-4-3-5-11-16)13-6-8-14(9-7-13)18(20)21/h6-9,15,19H,3-5,10-12H2,1-2H3/t15-/m0/s1. The van der Waals surface area contributed by atoms with Crippen LogP contribution in [-0.4, -0.2) is 41.2 Å². The Labute approximate surface area is 125 Å². The molecule has 1 aromatic rings. The molecule has 116 valence electrons. The van der Waals surface area contributed by atoms with E-state index in [9.17, 15) is 15.2 Å². The summed E-state index contributed by atoms with van der Waals surface area (Å²) in [5, 5.41) is 21.8. The van der Waals surface area contributed by atoms with Crippen molar-refractivity contribution in [3.8, 4) is 0 Å². The summed E-state index contributed by atoms with van der Waals surface area (Å²) < 4.78 is 0. The molecule has 0 radical (unpaired) electrons. The van der Waals surface area contributed by atoms with E-state index in [1.165, 1.54) is 18.6 Å². The lowest BCUT2D eigenvalue weighted by atomic mass is 9.72. The second-order valence-corrected chi connectivity index (χ2v) is 6.33. The Morgan fingerprint density at radius 3 is 2.29 bits per heavy atom. The number of hydrogen-bond acceptors (Lipinski definition) is 4. The molecule has 1 N–H and O–H groups in total. The number of nitro groups is 1. The van der Waals surface area contributed by atoms with E-state index in [1.54, 1.807) is 12.1 Å². The van der Waals surface area contributed by atoms with E-state index in [2.05, 4.69) is 4.90 Å². The van der Waals surface area contributed by atoms with Gasteiger partial charge in [0.2, 0.25) is 0 Å². The van der Waals surface area contributed by atoms with Gasteiger partial charge in [-0.05, 0) is 32.5 Å². The van der Waals surface area contributed by atoms with Crippen LogP contribution in [0, 0.1) is 10.1 Å². The van der Waals surface area contributed by atoms with Crippen molar-refractivity contribution in [2.75, 3.05) is 20.6 Å². The maximum atomic E-state index is 11.1. The number of aliphatic hydroxyl groups is 1. The van der Waals surface area contributed by atoms with Crippen molar-refractivity contribution in [3.05, 3.63) is 39.9 Å². The van der Waals surface area contributed by atoms with Gasteiger partial charge in [-0.3, -0.25) is 10.1 Å². The zero-order valence-electron chi connectivity index (χ0n) is 12.8. The third-order valence-corrected chi connectivity index (χ3v) is 4.42. The zero-order valence-corrected chi connectivity index (χ0v) is 12.8. The molecule has 0 aromatic heterocycles. The van der Waals surface area contributed by atoms with E-state index in [4.69, 9.17) is 0 Å². The van der Waals surface area contributed by atoms with Gasteiger partial charge in [-0.2, -0.15) is 0 Å². The van der Waals surface area contributed by atoms with Crippen LogP contribution in [0.3, 0.4) is 0 Å². The monoisotopic (exact) mass is 292 g/mol. The minimum absolute atomic E-state index is 0.00592. The molecule has 1 fully saturated rings. The average Bonchev–Trinajstić information content (AvgIpc) is 2.45. The van der Waals surface area contributed by atoms with Gasteiger partial charge in [0.15, 0.2) is 0 Å². The first-order valence-electron chi connectivity index (χ1n) is 7.54. The van der Waals surface area contributed by atoms with Crippen LogP contribution in [0.1, 0.15) is 43.6 Å². The first kappa shape index (κ1) is 15.9. The first-order valence-corrected chi connectivity index (χ1v) is 7.54. The summed E-state index contributed by atoms with van der Waals surface area (Å²) in [7, 11) is 3.98. The van der Waals surface area contributed by atoms with Gasteiger partial charge in [0, 0.05) is 24.6 Å². The van der Waals surface area contributed by atoms with Crippen molar-refractivity contribution in [1.82, 2.24) is 4.90 Å². The second-order valence-electron chi connectivity index (χ2n) is 6.33. The molecule has 0 saturated heterocycles. The van der Waals surface area contributed by atoms with Gasteiger partial charge in [0.05, 0.1) is 10.5 Å². The van der Waals surface area contributed by atoms with Crippen LogP contribution >= 0.6 is 0 Å². The third-order valence-electron chi connectivity index (χ3n) is 4.42. The normalized spacial score (nSPS) is 19.4. The summed E-state index contributed by atoms with van der Waals surface area (Å²) in [6, 6.07) is 6.64. The molecule has 21 heavy (non-hydrogen) atoms. The van der Waals surface area contributed by atoms with E-state index in [0.29, 0.717) is 0 Å². The summed E-state index contributed by atoms with van der Waals surface area (Å²) in [5.74, 6) is -0.00592. The van der Waals surface area contributed by atoms with Gasteiger partial charge < -0.3 is 10.0 Å². The zero-order chi connectivity index (χ0) is 15.5. The molecule has 1 atom stereocenters. The molecule has 0 unspecified atom stereocenters. The second kappa shape index (κ2) is 6.54. The van der Waals surface area contributed by atoms with Crippen LogP contribution in [0.15, 0.2) is 24.3 Å². The number of nitrogens with zero attached hydrogens (tertiary/aromatic N) is 2. The van der Waals surface area contributed by atoms with Gasteiger partial charge in [-0.25, -0.2) is 0 Å². The minimum atomic E-state index is -0.696. The number of non-ortho nitro benzene ring substituents is 1. The number of likely N-dealkylation sites (N-methyl/N-ethyl adjacent to an activating group) is 1. The summed E-state index contributed by atoms with van der Waals surface area (Å²) >= 11 is 0. The van der Waals surface area contributed by atoms with Crippen molar-refractivity contribution >= 4 is 5.69 Å². The predicted octanol–water partition coefficient (Wildman–Crippen LogP) is 2.94. The highest BCUT2D eigenvalue weighted by Gasteiger charge is 2.38. The van der Waals surface area contributed by atoms with Gasteiger partial charge in [-0.1, -0.05) is 31.4 Å². The summed E-state index contributed by atoms with van der Waals surface area (Å²) in [6.45, 7) is 0.744. The molecule has 1 aliphatic carbocycles. The first-order chi connectivity index (χ1) is 9.92. The Morgan fingerprint density at radius 1 is 1.24 bits per heavy atom. The number of nitro benzene ring substituents is 1. The highest BCUT2D eigenvalue weighted by Crippen LogP contribution is 2.40. The molecule has 0 spiro atoms. The van der Waals surface area contributed by atoms with Crippen LogP contribution in [0.25, 0.3) is 0 Å². The fourth-order valence-corrected chi connectivity index (χ4v) is 3.29. The molecule has 0 heterocycles. The fourth-order valence-electron chi connectivity index (χ4n) is 3.29. The van der Waals surface area contributed by atoms with Crippen LogP contribution in [-0.2, 0) is 0 Å². The number of rotatable bonds is 5. The van der Waals surface area contributed by atoms with Crippen LogP contribution in [0.2, 0.25) is 0 Å². The smallest absolute Gasteiger partial charge is 0.269 e. The van der Waals surface area contributed by atoms with Gasteiger partial charge in [0.1, 0.15) is 0 Å². The predicted molar refractivity (Wildman–Crippen MR) is 82.4 cm³/mol. The molecule has 0 aliphatic heterocycles. The molecule has 0 bridgehead atoms. The molecule has 1 aromatic carbocycles. The minimum Gasteiger partial charge on any atom is -0.389 e. The molecular formula is C16H24N2O3. The summed E-state index contributed by atoms with van der Waals surface area (Å²) in [5.41, 5.74) is 0.384. The van der Waals surface area contributed by atoms with E-state index in [1.807, 2.05) is 14.1 Å².